The molecule has 2 atom stereocenters. The summed E-state index contributed by atoms with van der Waals surface area (Å²) in [4.78, 5) is 0. The van der Waals surface area contributed by atoms with E-state index in [9.17, 15) is 0 Å². The summed E-state index contributed by atoms with van der Waals surface area (Å²) in [7, 11) is 1.74. The van der Waals surface area contributed by atoms with Gasteiger partial charge in [-0.3, -0.25) is 4.68 Å². The van der Waals surface area contributed by atoms with Crippen molar-refractivity contribution in [2.75, 3.05) is 30.9 Å². The molecule has 1 N–H and O–H groups in total. The zero-order valence-electron chi connectivity index (χ0n) is 12.6. The second-order valence-corrected chi connectivity index (χ2v) is 7.34. The Labute approximate surface area is 130 Å². The van der Waals surface area contributed by atoms with Gasteiger partial charge in [-0.05, 0) is 13.0 Å². The van der Waals surface area contributed by atoms with E-state index in [4.69, 9.17) is 4.74 Å². The number of rotatable bonds is 7. The van der Waals surface area contributed by atoms with Crippen molar-refractivity contribution < 1.29 is 4.74 Å². The van der Waals surface area contributed by atoms with Crippen molar-refractivity contribution in [1.29, 1.82) is 0 Å². The van der Waals surface area contributed by atoms with E-state index in [1.807, 2.05) is 6.20 Å². The molecule has 1 aliphatic rings. The average molecular weight is 316 g/mol. The minimum absolute atomic E-state index is 0.321. The van der Waals surface area contributed by atoms with Gasteiger partial charge in [0.15, 0.2) is 5.75 Å². The maximum absolute atomic E-state index is 5.55. The number of ether oxygens (including phenoxy) is 1. The minimum Gasteiger partial charge on any atom is -0.493 e. The highest BCUT2D eigenvalue weighted by molar-refractivity contribution is 8.06. The first-order valence-electron chi connectivity index (χ1n) is 7.34. The summed E-state index contributed by atoms with van der Waals surface area (Å²) in [6.07, 6.45) is 2.94. The van der Waals surface area contributed by atoms with Gasteiger partial charge >= 0.3 is 0 Å². The molecule has 20 heavy (non-hydrogen) atoms. The van der Waals surface area contributed by atoms with Gasteiger partial charge in [-0.1, -0.05) is 13.8 Å². The molecule has 1 saturated heterocycles. The molecule has 6 heteroatoms. The Morgan fingerprint density at radius 2 is 2.35 bits per heavy atom. The third-order valence-corrected chi connectivity index (χ3v) is 6.30. The van der Waals surface area contributed by atoms with Crippen molar-refractivity contribution in [2.24, 2.45) is 0 Å². The van der Waals surface area contributed by atoms with E-state index in [0.29, 0.717) is 11.3 Å². The van der Waals surface area contributed by atoms with Crippen LogP contribution in [-0.2, 0) is 6.54 Å². The molecule has 1 aromatic heterocycles. The number of hydrogen-bond acceptors (Lipinski definition) is 5. The Hall–Kier alpha value is -0.330. The topological polar surface area (TPSA) is 39.1 Å². The van der Waals surface area contributed by atoms with Crippen molar-refractivity contribution in [2.45, 2.75) is 38.1 Å². The molecule has 0 bridgehead atoms. The summed E-state index contributed by atoms with van der Waals surface area (Å²) in [5, 5.41) is 8.76. The minimum atomic E-state index is 0.321. The van der Waals surface area contributed by atoms with Crippen LogP contribution in [0.15, 0.2) is 6.20 Å². The Bertz CT molecular complexity index is 405. The molecule has 0 aliphatic carbocycles. The zero-order valence-corrected chi connectivity index (χ0v) is 14.2. The summed E-state index contributed by atoms with van der Waals surface area (Å²) >= 11 is 4.13. The molecule has 2 heterocycles. The van der Waals surface area contributed by atoms with Gasteiger partial charge in [-0.25, -0.2) is 0 Å². The van der Waals surface area contributed by atoms with Gasteiger partial charge in [0.05, 0.1) is 25.0 Å². The zero-order chi connectivity index (χ0) is 14.4. The number of hydrogen-bond donors (Lipinski definition) is 1. The lowest BCUT2D eigenvalue weighted by atomic mass is 10.1. The highest BCUT2D eigenvalue weighted by Gasteiger charge is 2.30. The monoisotopic (exact) mass is 315 g/mol. The van der Waals surface area contributed by atoms with Crippen LogP contribution in [0.25, 0.3) is 0 Å². The summed E-state index contributed by atoms with van der Waals surface area (Å²) in [5.74, 6) is 4.62. The first-order chi connectivity index (χ1) is 9.81. The fourth-order valence-electron chi connectivity index (χ4n) is 2.56. The lowest BCUT2D eigenvalue weighted by molar-refractivity contribution is 0.390. The molecule has 1 aromatic rings. The van der Waals surface area contributed by atoms with E-state index in [-0.39, 0.29) is 0 Å². The van der Waals surface area contributed by atoms with Crippen LogP contribution in [0.2, 0.25) is 0 Å². The molecule has 2 rings (SSSR count). The maximum atomic E-state index is 5.55. The molecule has 114 valence electrons. The van der Waals surface area contributed by atoms with Crippen LogP contribution in [-0.4, -0.2) is 45.9 Å². The van der Waals surface area contributed by atoms with Crippen LogP contribution in [0.4, 0.5) is 0 Å². The number of aromatic nitrogens is 2. The van der Waals surface area contributed by atoms with E-state index in [1.165, 1.54) is 23.0 Å². The largest absolute Gasteiger partial charge is 0.493 e. The highest BCUT2D eigenvalue weighted by Crippen LogP contribution is 2.37. The van der Waals surface area contributed by atoms with E-state index in [0.717, 1.165) is 25.3 Å². The van der Waals surface area contributed by atoms with Gasteiger partial charge in [0.1, 0.15) is 0 Å². The second kappa shape index (κ2) is 8.20. The fraction of sp³-hybridized carbons (Fsp3) is 0.786. The third kappa shape index (κ3) is 3.65. The number of thioether (sulfide) groups is 2. The summed E-state index contributed by atoms with van der Waals surface area (Å²) < 4.78 is 7.67. The Morgan fingerprint density at radius 3 is 2.95 bits per heavy atom. The molecule has 0 spiro atoms. The first kappa shape index (κ1) is 16.0. The van der Waals surface area contributed by atoms with Crippen molar-refractivity contribution in [3.8, 4) is 5.75 Å². The number of nitrogens with one attached hydrogen (secondary N) is 1. The van der Waals surface area contributed by atoms with Crippen LogP contribution in [0.5, 0.6) is 5.75 Å². The summed E-state index contributed by atoms with van der Waals surface area (Å²) in [6.45, 7) is 6.27. The fourth-order valence-corrected chi connectivity index (χ4v) is 5.40. The summed E-state index contributed by atoms with van der Waals surface area (Å²) in [5.41, 5.74) is 1.22. The van der Waals surface area contributed by atoms with E-state index < -0.39 is 0 Å². The predicted octanol–water partition coefficient (Wildman–Crippen LogP) is 2.80. The lowest BCUT2D eigenvalue weighted by Gasteiger charge is -2.31. The maximum Gasteiger partial charge on any atom is 0.161 e. The Kier molecular flexibility index (Phi) is 6.58. The first-order valence-corrected chi connectivity index (χ1v) is 9.54. The lowest BCUT2D eigenvalue weighted by Crippen LogP contribution is -2.35. The normalized spacial score (nSPS) is 20.9. The van der Waals surface area contributed by atoms with Gasteiger partial charge in [0, 0.05) is 29.1 Å². The van der Waals surface area contributed by atoms with E-state index in [1.54, 1.807) is 7.11 Å². The third-order valence-electron chi connectivity index (χ3n) is 3.43. The van der Waals surface area contributed by atoms with E-state index >= 15 is 0 Å². The number of nitrogens with zero attached hydrogens (tertiary/aromatic N) is 2. The average Bonchev–Trinajstić information content (AvgIpc) is 2.89. The molecule has 1 aliphatic heterocycles. The smallest absolute Gasteiger partial charge is 0.161 e. The molecule has 0 amide bonds. The Balaban J connectivity index is 2.28. The number of aryl methyl sites for hydroxylation is 1. The van der Waals surface area contributed by atoms with Crippen LogP contribution >= 0.6 is 23.5 Å². The molecular weight excluding hydrogens is 290 g/mol. The van der Waals surface area contributed by atoms with Gasteiger partial charge in [-0.15, -0.1) is 0 Å². The molecule has 0 saturated carbocycles. The van der Waals surface area contributed by atoms with Gasteiger partial charge in [0.2, 0.25) is 0 Å². The second-order valence-electron chi connectivity index (χ2n) is 4.84. The molecule has 0 aromatic carbocycles. The van der Waals surface area contributed by atoms with Crippen molar-refractivity contribution in [3.63, 3.8) is 0 Å². The molecular formula is C14H25N3OS2. The van der Waals surface area contributed by atoms with Gasteiger partial charge in [-0.2, -0.15) is 28.6 Å². The molecule has 4 nitrogen and oxygen atoms in total. The Morgan fingerprint density at radius 1 is 1.50 bits per heavy atom. The standard InChI is InChI=1S/C14H25N3OS2/c1-4-6-17-14(11(18-3)9-16-17)13(15-5-2)12-10-19-7-8-20-12/h9,12-13,15H,4-8,10H2,1-3H3. The number of methoxy groups -OCH3 is 1. The predicted molar refractivity (Wildman–Crippen MR) is 89.1 cm³/mol. The van der Waals surface area contributed by atoms with Crippen LogP contribution in [0.3, 0.4) is 0 Å². The SMILES string of the molecule is CCCn1ncc(OC)c1C(NCC)C1CSCCS1. The van der Waals surface area contributed by atoms with Gasteiger partial charge < -0.3 is 10.1 Å². The molecule has 0 radical (unpaired) electrons. The summed E-state index contributed by atoms with van der Waals surface area (Å²) in [6, 6.07) is 0.321. The van der Waals surface area contributed by atoms with Gasteiger partial charge in [0.25, 0.3) is 0 Å². The van der Waals surface area contributed by atoms with Crippen LogP contribution in [0, 0.1) is 0 Å². The van der Waals surface area contributed by atoms with Crippen LogP contribution in [0.1, 0.15) is 32.0 Å². The molecule has 2 unspecified atom stereocenters. The van der Waals surface area contributed by atoms with Crippen molar-refractivity contribution in [1.82, 2.24) is 15.1 Å². The molecule has 1 fully saturated rings. The highest BCUT2D eigenvalue weighted by atomic mass is 32.2. The van der Waals surface area contributed by atoms with Crippen LogP contribution < -0.4 is 10.1 Å². The van der Waals surface area contributed by atoms with E-state index in [2.05, 4.69) is 52.5 Å². The quantitative estimate of drug-likeness (QED) is 0.838. The van der Waals surface area contributed by atoms with Crippen molar-refractivity contribution in [3.05, 3.63) is 11.9 Å². The van der Waals surface area contributed by atoms with Crippen molar-refractivity contribution >= 4 is 23.5 Å².